The van der Waals surface area contributed by atoms with Gasteiger partial charge in [0.25, 0.3) is 0 Å². The first-order chi connectivity index (χ1) is 9.92. The van der Waals surface area contributed by atoms with E-state index in [1.807, 2.05) is 32.9 Å². The molecule has 2 aromatic carbocycles. The summed E-state index contributed by atoms with van der Waals surface area (Å²) in [6, 6.07) is 8.54. The minimum atomic E-state index is -0.0610. The molecular weight excluding hydrogens is 266 g/mol. The number of rotatable bonds is 4. The number of methoxy groups -OCH3 is 1. The zero-order valence-corrected chi connectivity index (χ0v) is 12.8. The number of aryl methyl sites for hydroxylation is 1. The monoisotopic (exact) mass is 287 g/mol. The van der Waals surface area contributed by atoms with Gasteiger partial charge in [-0.2, -0.15) is 0 Å². The Labute approximate surface area is 125 Å². The third-order valence-corrected chi connectivity index (χ3v) is 3.60. The van der Waals surface area contributed by atoms with Gasteiger partial charge in [-0.05, 0) is 50.1 Å². The van der Waals surface area contributed by atoms with Crippen molar-refractivity contribution in [2.75, 3.05) is 12.4 Å². The average Bonchev–Trinajstić information content (AvgIpc) is 2.41. The molecule has 0 aliphatic carbocycles. The summed E-state index contributed by atoms with van der Waals surface area (Å²) in [4.78, 5) is 0. The summed E-state index contributed by atoms with van der Waals surface area (Å²) >= 11 is 0. The molecule has 21 heavy (non-hydrogen) atoms. The Morgan fingerprint density at radius 1 is 1.05 bits per heavy atom. The van der Waals surface area contributed by atoms with Gasteiger partial charge in [-0.15, -0.1) is 0 Å². The van der Waals surface area contributed by atoms with Crippen LogP contribution in [0.5, 0.6) is 17.2 Å². The molecule has 112 valence electrons. The fourth-order valence-electron chi connectivity index (χ4n) is 2.48. The van der Waals surface area contributed by atoms with Gasteiger partial charge in [0.2, 0.25) is 0 Å². The molecule has 2 aromatic rings. The molecule has 0 aliphatic rings. The lowest BCUT2D eigenvalue weighted by molar-refractivity contribution is 0.409. The number of ether oxygens (including phenoxy) is 1. The summed E-state index contributed by atoms with van der Waals surface area (Å²) in [6.07, 6.45) is 0. The lowest BCUT2D eigenvalue weighted by Gasteiger charge is -2.20. The molecule has 0 bridgehead atoms. The quantitative estimate of drug-likeness (QED) is 0.798. The van der Waals surface area contributed by atoms with E-state index >= 15 is 0 Å². The van der Waals surface area contributed by atoms with Crippen molar-refractivity contribution in [2.24, 2.45) is 0 Å². The smallest absolute Gasteiger partial charge is 0.126 e. The normalized spacial score (nSPS) is 12.0. The van der Waals surface area contributed by atoms with Crippen LogP contribution in [0.25, 0.3) is 0 Å². The van der Waals surface area contributed by atoms with Crippen LogP contribution in [0.1, 0.15) is 29.7 Å². The van der Waals surface area contributed by atoms with Crippen LogP contribution < -0.4 is 10.1 Å². The Morgan fingerprint density at radius 2 is 1.67 bits per heavy atom. The number of phenols is 2. The molecule has 0 spiro atoms. The maximum Gasteiger partial charge on any atom is 0.126 e. The third-order valence-electron chi connectivity index (χ3n) is 3.60. The zero-order valence-electron chi connectivity index (χ0n) is 12.8. The summed E-state index contributed by atoms with van der Waals surface area (Å²) in [5.41, 5.74) is 3.90. The molecule has 0 aliphatic heterocycles. The minimum absolute atomic E-state index is 0.0526. The largest absolute Gasteiger partial charge is 0.508 e. The Bertz CT molecular complexity index is 632. The first-order valence-electron chi connectivity index (χ1n) is 6.86. The Hall–Kier alpha value is -2.36. The standard InChI is InChI=1S/C17H21NO3/c1-10-5-6-16(11(2)17(10)21-4)18-12(3)13-7-14(19)9-15(20)8-13/h5-9,12,18-20H,1-4H3. The Balaban J connectivity index is 2.29. The predicted molar refractivity (Wildman–Crippen MR) is 84.3 cm³/mol. The van der Waals surface area contributed by atoms with E-state index in [0.717, 1.165) is 28.1 Å². The molecule has 4 nitrogen and oxygen atoms in total. The van der Waals surface area contributed by atoms with Crippen LogP contribution in [0, 0.1) is 13.8 Å². The topological polar surface area (TPSA) is 61.7 Å². The highest BCUT2D eigenvalue weighted by atomic mass is 16.5. The number of hydrogen-bond acceptors (Lipinski definition) is 4. The summed E-state index contributed by atoms with van der Waals surface area (Å²) in [5.74, 6) is 0.972. The van der Waals surface area contributed by atoms with Crippen molar-refractivity contribution < 1.29 is 14.9 Å². The second-order valence-electron chi connectivity index (χ2n) is 5.24. The van der Waals surface area contributed by atoms with E-state index in [-0.39, 0.29) is 17.5 Å². The van der Waals surface area contributed by atoms with E-state index in [1.54, 1.807) is 19.2 Å². The van der Waals surface area contributed by atoms with Crippen molar-refractivity contribution in [1.29, 1.82) is 0 Å². The van der Waals surface area contributed by atoms with Crippen LogP contribution in [0.4, 0.5) is 5.69 Å². The van der Waals surface area contributed by atoms with Crippen molar-refractivity contribution in [3.8, 4) is 17.2 Å². The van der Waals surface area contributed by atoms with E-state index in [2.05, 4.69) is 5.32 Å². The van der Waals surface area contributed by atoms with Gasteiger partial charge >= 0.3 is 0 Å². The fraction of sp³-hybridized carbons (Fsp3) is 0.294. The third kappa shape index (κ3) is 3.21. The van der Waals surface area contributed by atoms with Crippen LogP contribution in [-0.2, 0) is 0 Å². The second kappa shape index (κ2) is 5.95. The predicted octanol–water partition coefficient (Wildman–Crippen LogP) is 3.90. The van der Waals surface area contributed by atoms with Crippen LogP contribution in [0.3, 0.4) is 0 Å². The summed E-state index contributed by atoms with van der Waals surface area (Å²) < 4.78 is 5.42. The number of anilines is 1. The maximum absolute atomic E-state index is 9.57. The summed E-state index contributed by atoms with van der Waals surface area (Å²) in [5, 5.41) is 22.5. The van der Waals surface area contributed by atoms with Crippen molar-refractivity contribution >= 4 is 5.69 Å². The molecule has 2 rings (SSSR count). The molecule has 1 atom stereocenters. The molecule has 0 fully saturated rings. The second-order valence-corrected chi connectivity index (χ2v) is 5.24. The molecule has 0 amide bonds. The maximum atomic E-state index is 9.57. The highest BCUT2D eigenvalue weighted by Crippen LogP contribution is 2.32. The zero-order chi connectivity index (χ0) is 15.6. The molecule has 0 radical (unpaired) electrons. The van der Waals surface area contributed by atoms with Gasteiger partial charge in [0.1, 0.15) is 17.2 Å². The van der Waals surface area contributed by atoms with Gasteiger partial charge in [0, 0.05) is 23.4 Å². The van der Waals surface area contributed by atoms with Gasteiger partial charge in [0.15, 0.2) is 0 Å². The van der Waals surface area contributed by atoms with E-state index < -0.39 is 0 Å². The number of aromatic hydroxyl groups is 2. The highest BCUT2D eigenvalue weighted by molar-refractivity contribution is 5.60. The van der Waals surface area contributed by atoms with Crippen molar-refractivity contribution in [3.63, 3.8) is 0 Å². The molecule has 4 heteroatoms. The van der Waals surface area contributed by atoms with E-state index in [4.69, 9.17) is 4.74 Å². The number of hydrogen-bond donors (Lipinski definition) is 3. The van der Waals surface area contributed by atoms with Crippen molar-refractivity contribution in [2.45, 2.75) is 26.8 Å². The molecule has 0 heterocycles. The van der Waals surface area contributed by atoms with E-state index in [0.29, 0.717) is 0 Å². The van der Waals surface area contributed by atoms with Crippen LogP contribution in [0.2, 0.25) is 0 Å². The van der Waals surface area contributed by atoms with Gasteiger partial charge in [-0.25, -0.2) is 0 Å². The number of phenolic OH excluding ortho intramolecular Hbond substituents is 2. The first kappa shape index (κ1) is 15.0. The molecule has 3 N–H and O–H groups in total. The SMILES string of the molecule is COc1c(C)ccc(NC(C)c2cc(O)cc(O)c2)c1C. The summed E-state index contributed by atoms with van der Waals surface area (Å²) in [6.45, 7) is 5.98. The van der Waals surface area contributed by atoms with Crippen LogP contribution in [0.15, 0.2) is 30.3 Å². The van der Waals surface area contributed by atoms with Crippen molar-refractivity contribution in [1.82, 2.24) is 0 Å². The van der Waals surface area contributed by atoms with Gasteiger partial charge < -0.3 is 20.3 Å². The van der Waals surface area contributed by atoms with Gasteiger partial charge in [-0.1, -0.05) is 6.07 Å². The number of benzene rings is 2. The fourth-order valence-corrected chi connectivity index (χ4v) is 2.48. The van der Waals surface area contributed by atoms with Crippen LogP contribution in [-0.4, -0.2) is 17.3 Å². The Morgan fingerprint density at radius 3 is 2.24 bits per heavy atom. The first-order valence-corrected chi connectivity index (χ1v) is 6.86. The van der Waals surface area contributed by atoms with Gasteiger partial charge in [0.05, 0.1) is 7.11 Å². The highest BCUT2D eigenvalue weighted by Gasteiger charge is 2.12. The number of nitrogens with one attached hydrogen (secondary N) is 1. The van der Waals surface area contributed by atoms with Crippen LogP contribution >= 0.6 is 0 Å². The lowest BCUT2D eigenvalue weighted by atomic mass is 10.0. The van der Waals surface area contributed by atoms with Crippen molar-refractivity contribution in [3.05, 3.63) is 47.0 Å². The van der Waals surface area contributed by atoms with E-state index in [9.17, 15) is 10.2 Å². The summed E-state index contributed by atoms with van der Waals surface area (Å²) in [7, 11) is 1.66. The average molecular weight is 287 g/mol. The molecular formula is C17H21NO3. The molecule has 0 saturated heterocycles. The molecule has 0 aromatic heterocycles. The Kier molecular flexibility index (Phi) is 4.26. The van der Waals surface area contributed by atoms with E-state index in [1.165, 1.54) is 6.07 Å². The molecule has 0 saturated carbocycles. The van der Waals surface area contributed by atoms with Gasteiger partial charge in [-0.3, -0.25) is 0 Å². The minimum Gasteiger partial charge on any atom is -0.508 e. The molecule has 1 unspecified atom stereocenters. The lowest BCUT2D eigenvalue weighted by Crippen LogP contribution is -2.08.